The van der Waals surface area contributed by atoms with Crippen LogP contribution in [0, 0.1) is 0 Å². The summed E-state index contributed by atoms with van der Waals surface area (Å²) in [5.41, 5.74) is 0. The van der Waals surface area contributed by atoms with Gasteiger partial charge in [-0.3, -0.25) is 4.79 Å². The molecule has 2 heterocycles. The maximum absolute atomic E-state index is 12.3. The molecule has 1 amide bonds. The van der Waals surface area contributed by atoms with Crippen LogP contribution in [0.5, 0.6) is 0 Å². The minimum Gasteiger partial charge on any atom is -0.353 e. The SMILES string of the molecule is O=C1CN(c2ccc(S(=O)(=O)NC3CCCC3)cn2)CCN1. The molecule has 0 bridgehead atoms. The van der Waals surface area contributed by atoms with Crippen LogP contribution in [0.1, 0.15) is 25.7 Å². The van der Waals surface area contributed by atoms with Crippen molar-refractivity contribution in [2.45, 2.75) is 36.6 Å². The molecular weight excluding hydrogens is 304 g/mol. The third-order valence-corrected chi connectivity index (χ3v) is 5.58. The fourth-order valence-electron chi connectivity index (χ4n) is 2.88. The summed E-state index contributed by atoms with van der Waals surface area (Å²) in [4.78, 5) is 17.6. The van der Waals surface area contributed by atoms with E-state index in [0.717, 1.165) is 25.7 Å². The largest absolute Gasteiger partial charge is 0.353 e. The van der Waals surface area contributed by atoms with Crippen molar-refractivity contribution in [2.24, 2.45) is 0 Å². The third kappa shape index (κ3) is 3.38. The fraction of sp³-hybridized carbons (Fsp3) is 0.571. The molecule has 7 nitrogen and oxygen atoms in total. The van der Waals surface area contributed by atoms with Crippen molar-refractivity contribution < 1.29 is 13.2 Å². The van der Waals surface area contributed by atoms with Crippen molar-refractivity contribution in [2.75, 3.05) is 24.5 Å². The number of sulfonamides is 1. The predicted molar refractivity (Wildman–Crippen MR) is 82.0 cm³/mol. The van der Waals surface area contributed by atoms with E-state index >= 15 is 0 Å². The van der Waals surface area contributed by atoms with Crippen LogP contribution in [0.15, 0.2) is 23.2 Å². The van der Waals surface area contributed by atoms with Gasteiger partial charge in [0.1, 0.15) is 10.7 Å². The zero-order valence-corrected chi connectivity index (χ0v) is 13.1. The Morgan fingerprint density at radius 2 is 2.05 bits per heavy atom. The molecule has 0 atom stereocenters. The zero-order chi connectivity index (χ0) is 15.6. The van der Waals surface area contributed by atoms with Crippen molar-refractivity contribution in [3.8, 4) is 0 Å². The second-order valence-electron chi connectivity index (χ2n) is 5.73. The smallest absolute Gasteiger partial charge is 0.242 e. The quantitative estimate of drug-likeness (QED) is 0.828. The lowest BCUT2D eigenvalue weighted by Gasteiger charge is -2.27. The first-order valence-electron chi connectivity index (χ1n) is 7.55. The van der Waals surface area contributed by atoms with E-state index in [-0.39, 0.29) is 23.4 Å². The Morgan fingerprint density at radius 3 is 2.68 bits per heavy atom. The average Bonchev–Trinajstić information content (AvgIpc) is 2.99. The second kappa shape index (κ2) is 6.21. The van der Waals surface area contributed by atoms with Crippen LogP contribution in [0.4, 0.5) is 5.82 Å². The summed E-state index contributed by atoms with van der Waals surface area (Å²) in [5.74, 6) is 0.572. The number of pyridine rings is 1. The summed E-state index contributed by atoms with van der Waals surface area (Å²) in [6.45, 7) is 1.49. The van der Waals surface area contributed by atoms with E-state index in [0.29, 0.717) is 18.9 Å². The molecule has 1 aliphatic heterocycles. The minimum atomic E-state index is -3.51. The van der Waals surface area contributed by atoms with E-state index in [1.54, 1.807) is 12.1 Å². The van der Waals surface area contributed by atoms with Crippen LogP contribution in [-0.4, -0.2) is 45.0 Å². The van der Waals surface area contributed by atoms with Gasteiger partial charge >= 0.3 is 0 Å². The number of carbonyl (C=O) groups is 1. The molecule has 2 N–H and O–H groups in total. The van der Waals surface area contributed by atoms with Crippen LogP contribution in [0.25, 0.3) is 0 Å². The molecule has 1 aromatic rings. The van der Waals surface area contributed by atoms with Gasteiger partial charge in [-0.05, 0) is 25.0 Å². The highest BCUT2D eigenvalue weighted by atomic mass is 32.2. The van der Waals surface area contributed by atoms with E-state index in [2.05, 4.69) is 15.0 Å². The van der Waals surface area contributed by atoms with Gasteiger partial charge in [0.2, 0.25) is 15.9 Å². The van der Waals surface area contributed by atoms with Gasteiger partial charge in [0, 0.05) is 25.3 Å². The highest BCUT2D eigenvalue weighted by Crippen LogP contribution is 2.21. The van der Waals surface area contributed by atoms with Gasteiger partial charge in [-0.1, -0.05) is 12.8 Å². The monoisotopic (exact) mass is 324 g/mol. The molecule has 0 unspecified atom stereocenters. The molecule has 0 radical (unpaired) electrons. The summed E-state index contributed by atoms with van der Waals surface area (Å²) >= 11 is 0. The molecule has 2 aliphatic rings. The number of hydrogen-bond acceptors (Lipinski definition) is 5. The fourth-order valence-corrected chi connectivity index (χ4v) is 4.13. The number of nitrogens with one attached hydrogen (secondary N) is 2. The first kappa shape index (κ1) is 15.2. The average molecular weight is 324 g/mol. The highest BCUT2D eigenvalue weighted by Gasteiger charge is 2.24. The highest BCUT2D eigenvalue weighted by molar-refractivity contribution is 7.89. The van der Waals surface area contributed by atoms with Gasteiger partial charge in [0.25, 0.3) is 0 Å². The Bertz CT molecular complexity index is 639. The predicted octanol–water partition coefficient (Wildman–Crippen LogP) is 0.239. The van der Waals surface area contributed by atoms with Gasteiger partial charge in [-0.2, -0.15) is 0 Å². The summed E-state index contributed by atoms with van der Waals surface area (Å²) in [6.07, 6.45) is 5.29. The van der Waals surface area contributed by atoms with E-state index in [9.17, 15) is 13.2 Å². The number of nitrogens with zero attached hydrogens (tertiary/aromatic N) is 2. The number of carbonyl (C=O) groups excluding carboxylic acids is 1. The molecule has 3 rings (SSSR count). The van der Waals surface area contributed by atoms with Crippen LogP contribution in [0.2, 0.25) is 0 Å². The number of rotatable bonds is 4. The van der Waals surface area contributed by atoms with Crippen LogP contribution in [0.3, 0.4) is 0 Å². The van der Waals surface area contributed by atoms with E-state index in [1.807, 2.05) is 4.90 Å². The molecule has 1 saturated heterocycles. The van der Waals surface area contributed by atoms with E-state index in [4.69, 9.17) is 0 Å². The summed E-state index contributed by atoms with van der Waals surface area (Å²) in [6, 6.07) is 3.24. The molecule has 1 aromatic heterocycles. The maximum atomic E-state index is 12.3. The number of hydrogen-bond donors (Lipinski definition) is 2. The van der Waals surface area contributed by atoms with Crippen molar-refractivity contribution >= 4 is 21.7 Å². The van der Waals surface area contributed by atoms with Crippen LogP contribution >= 0.6 is 0 Å². The lowest BCUT2D eigenvalue weighted by molar-refractivity contribution is -0.120. The van der Waals surface area contributed by atoms with Gasteiger partial charge in [-0.25, -0.2) is 18.1 Å². The van der Waals surface area contributed by atoms with Gasteiger partial charge < -0.3 is 10.2 Å². The number of anilines is 1. The molecule has 0 spiro atoms. The summed E-state index contributed by atoms with van der Waals surface area (Å²) in [7, 11) is -3.51. The Labute approximate surface area is 130 Å². The summed E-state index contributed by atoms with van der Waals surface area (Å²) in [5, 5.41) is 2.74. The van der Waals surface area contributed by atoms with Crippen molar-refractivity contribution in [3.05, 3.63) is 18.3 Å². The van der Waals surface area contributed by atoms with Crippen molar-refractivity contribution in [3.63, 3.8) is 0 Å². The molecule has 0 aromatic carbocycles. The van der Waals surface area contributed by atoms with E-state index in [1.165, 1.54) is 6.20 Å². The molecule has 2 fully saturated rings. The second-order valence-corrected chi connectivity index (χ2v) is 7.44. The first-order chi connectivity index (χ1) is 10.5. The van der Waals surface area contributed by atoms with Gasteiger partial charge in [0.15, 0.2) is 0 Å². The summed E-state index contributed by atoms with van der Waals surface area (Å²) < 4.78 is 27.3. The van der Waals surface area contributed by atoms with Crippen molar-refractivity contribution in [1.82, 2.24) is 15.0 Å². The normalized spacial score (nSPS) is 20.2. The number of amides is 1. The topological polar surface area (TPSA) is 91.4 Å². The Hall–Kier alpha value is -1.67. The lowest BCUT2D eigenvalue weighted by Crippen LogP contribution is -2.48. The van der Waals surface area contributed by atoms with Gasteiger partial charge in [0.05, 0.1) is 6.54 Å². The Morgan fingerprint density at radius 1 is 1.27 bits per heavy atom. The minimum absolute atomic E-state index is 0.0375. The lowest BCUT2D eigenvalue weighted by atomic mass is 10.3. The molecule has 120 valence electrons. The Balaban J connectivity index is 1.71. The molecule has 1 saturated carbocycles. The molecule has 22 heavy (non-hydrogen) atoms. The zero-order valence-electron chi connectivity index (χ0n) is 12.3. The van der Waals surface area contributed by atoms with Gasteiger partial charge in [-0.15, -0.1) is 0 Å². The molecule has 8 heteroatoms. The third-order valence-electron chi connectivity index (χ3n) is 4.07. The van der Waals surface area contributed by atoms with Crippen LogP contribution < -0.4 is 14.9 Å². The molecular formula is C14H20N4O3S. The molecule has 1 aliphatic carbocycles. The number of aromatic nitrogens is 1. The van der Waals surface area contributed by atoms with E-state index < -0.39 is 10.0 Å². The standard InChI is InChI=1S/C14H20N4O3S/c19-14-10-18(8-7-15-14)13-6-5-12(9-16-13)22(20,21)17-11-3-1-2-4-11/h5-6,9,11,17H,1-4,7-8,10H2,(H,15,19). The first-order valence-corrected chi connectivity index (χ1v) is 9.03. The maximum Gasteiger partial charge on any atom is 0.242 e. The van der Waals surface area contributed by atoms with Crippen LogP contribution in [-0.2, 0) is 14.8 Å². The Kier molecular flexibility index (Phi) is 4.30. The number of piperazine rings is 1. The van der Waals surface area contributed by atoms with Crippen molar-refractivity contribution in [1.29, 1.82) is 0 Å².